The summed E-state index contributed by atoms with van der Waals surface area (Å²) in [5.74, 6) is -0.586. The van der Waals surface area contributed by atoms with Crippen LogP contribution in [-0.2, 0) is 10.0 Å². The molecule has 0 aliphatic heterocycles. The standard InChI is InChI=1S/C12H12FNO2S2/c1-8-3-5-10(13)11(7-8)14-18(15,16)12-6-4-9(2)17-12/h3-7,14H,1-2H3. The minimum absolute atomic E-state index is 0.0268. The van der Waals surface area contributed by atoms with Gasteiger partial charge in [0.15, 0.2) is 0 Å². The molecule has 1 N–H and O–H groups in total. The van der Waals surface area contributed by atoms with Crippen molar-refractivity contribution < 1.29 is 12.8 Å². The Morgan fingerprint density at radius 3 is 2.50 bits per heavy atom. The van der Waals surface area contributed by atoms with Crippen molar-refractivity contribution in [1.82, 2.24) is 0 Å². The predicted octanol–water partition coefficient (Wildman–Crippen LogP) is 3.30. The first-order valence-electron chi connectivity index (χ1n) is 5.24. The van der Waals surface area contributed by atoms with E-state index in [0.29, 0.717) is 0 Å². The number of halogens is 1. The minimum Gasteiger partial charge on any atom is -0.276 e. The molecule has 0 aliphatic carbocycles. The molecule has 6 heteroatoms. The van der Waals surface area contributed by atoms with Crippen molar-refractivity contribution in [1.29, 1.82) is 0 Å². The van der Waals surface area contributed by atoms with Crippen LogP contribution in [0.15, 0.2) is 34.5 Å². The summed E-state index contributed by atoms with van der Waals surface area (Å²) in [4.78, 5) is 0.889. The molecular weight excluding hydrogens is 273 g/mol. The van der Waals surface area contributed by atoms with Crippen molar-refractivity contribution in [3.63, 3.8) is 0 Å². The number of thiophene rings is 1. The van der Waals surface area contributed by atoms with Crippen LogP contribution in [0, 0.1) is 19.7 Å². The molecule has 1 aromatic carbocycles. The minimum atomic E-state index is -3.70. The van der Waals surface area contributed by atoms with Crippen LogP contribution in [0.4, 0.5) is 10.1 Å². The summed E-state index contributed by atoms with van der Waals surface area (Å²) in [7, 11) is -3.70. The molecule has 0 amide bonds. The lowest BCUT2D eigenvalue weighted by Crippen LogP contribution is -2.12. The van der Waals surface area contributed by atoms with Gasteiger partial charge in [0.05, 0.1) is 5.69 Å². The molecule has 2 aromatic rings. The topological polar surface area (TPSA) is 46.2 Å². The zero-order chi connectivity index (χ0) is 13.3. The first kappa shape index (κ1) is 13.0. The van der Waals surface area contributed by atoms with Crippen molar-refractivity contribution in [3.05, 3.63) is 46.6 Å². The zero-order valence-electron chi connectivity index (χ0n) is 9.90. The second-order valence-corrected chi connectivity index (χ2v) is 7.15. The number of aryl methyl sites for hydroxylation is 2. The lowest BCUT2D eigenvalue weighted by molar-refractivity contribution is 0.600. The van der Waals surface area contributed by atoms with Gasteiger partial charge < -0.3 is 0 Å². The molecule has 0 fully saturated rings. The highest BCUT2D eigenvalue weighted by molar-refractivity contribution is 7.94. The van der Waals surface area contributed by atoms with E-state index in [2.05, 4.69) is 4.72 Å². The summed E-state index contributed by atoms with van der Waals surface area (Å²) >= 11 is 1.15. The molecule has 0 atom stereocenters. The molecule has 18 heavy (non-hydrogen) atoms. The van der Waals surface area contributed by atoms with Crippen molar-refractivity contribution in [2.24, 2.45) is 0 Å². The van der Waals surface area contributed by atoms with Crippen molar-refractivity contribution in [2.75, 3.05) is 4.72 Å². The van der Waals surface area contributed by atoms with Crippen LogP contribution in [0.25, 0.3) is 0 Å². The summed E-state index contributed by atoms with van der Waals surface area (Å²) in [5, 5.41) is 0. The van der Waals surface area contributed by atoms with Crippen LogP contribution in [-0.4, -0.2) is 8.42 Å². The largest absolute Gasteiger partial charge is 0.276 e. The molecule has 2 rings (SSSR count). The maximum Gasteiger partial charge on any atom is 0.271 e. The average molecular weight is 285 g/mol. The Labute approximate surface area is 109 Å². The summed E-state index contributed by atoms with van der Waals surface area (Å²) in [6.45, 7) is 3.59. The van der Waals surface area contributed by atoms with Gasteiger partial charge in [-0.2, -0.15) is 0 Å². The molecule has 0 radical (unpaired) electrons. The Bertz CT molecular complexity index is 677. The molecule has 1 heterocycles. The van der Waals surface area contributed by atoms with Gasteiger partial charge in [0.1, 0.15) is 10.0 Å². The summed E-state index contributed by atoms with van der Waals surface area (Å²) in [6.07, 6.45) is 0. The Hall–Kier alpha value is -1.40. The summed E-state index contributed by atoms with van der Waals surface area (Å²) < 4.78 is 40.0. The molecule has 0 aliphatic rings. The molecule has 3 nitrogen and oxygen atoms in total. The van der Waals surface area contributed by atoms with E-state index >= 15 is 0 Å². The Morgan fingerprint density at radius 2 is 1.89 bits per heavy atom. The lowest BCUT2D eigenvalue weighted by Gasteiger charge is -2.08. The van der Waals surface area contributed by atoms with Crippen molar-refractivity contribution in [2.45, 2.75) is 18.1 Å². The number of hydrogen-bond donors (Lipinski definition) is 1. The van der Waals surface area contributed by atoms with Gasteiger partial charge in [-0.1, -0.05) is 6.07 Å². The fourth-order valence-electron chi connectivity index (χ4n) is 1.47. The molecule has 0 saturated heterocycles. The van der Waals surface area contributed by atoms with Gasteiger partial charge in [0, 0.05) is 4.88 Å². The van der Waals surface area contributed by atoms with E-state index in [1.165, 1.54) is 18.2 Å². The first-order valence-corrected chi connectivity index (χ1v) is 7.54. The van der Waals surface area contributed by atoms with Crippen LogP contribution in [0.2, 0.25) is 0 Å². The smallest absolute Gasteiger partial charge is 0.271 e. The number of sulfonamides is 1. The third-order valence-corrected chi connectivity index (χ3v) is 5.20. The van der Waals surface area contributed by atoms with Crippen molar-refractivity contribution in [3.8, 4) is 0 Å². The predicted molar refractivity (Wildman–Crippen MR) is 71.0 cm³/mol. The fourth-order valence-corrected chi connectivity index (χ4v) is 3.81. The maximum absolute atomic E-state index is 13.5. The number of anilines is 1. The van der Waals surface area contributed by atoms with E-state index < -0.39 is 15.8 Å². The molecule has 0 spiro atoms. The van der Waals surface area contributed by atoms with E-state index in [9.17, 15) is 12.8 Å². The van der Waals surface area contributed by atoms with Crippen LogP contribution < -0.4 is 4.72 Å². The molecule has 0 saturated carbocycles. The highest BCUT2D eigenvalue weighted by Gasteiger charge is 2.18. The molecule has 96 valence electrons. The van der Waals surface area contributed by atoms with Crippen LogP contribution >= 0.6 is 11.3 Å². The Morgan fingerprint density at radius 1 is 1.17 bits per heavy atom. The molecule has 1 aromatic heterocycles. The van der Waals surface area contributed by atoms with E-state index in [-0.39, 0.29) is 9.90 Å². The number of benzene rings is 1. The van der Waals surface area contributed by atoms with Gasteiger partial charge in [-0.15, -0.1) is 11.3 Å². The number of hydrogen-bond acceptors (Lipinski definition) is 3. The highest BCUT2D eigenvalue weighted by atomic mass is 32.2. The number of nitrogens with one attached hydrogen (secondary N) is 1. The fraction of sp³-hybridized carbons (Fsp3) is 0.167. The molecule has 0 unspecified atom stereocenters. The Balaban J connectivity index is 2.36. The zero-order valence-corrected chi connectivity index (χ0v) is 11.5. The maximum atomic E-state index is 13.5. The highest BCUT2D eigenvalue weighted by Crippen LogP contribution is 2.25. The molecule has 0 bridgehead atoms. The second kappa shape index (κ2) is 4.70. The van der Waals surface area contributed by atoms with Crippen LogP contribution in [0.1, 0.15) is 10.4 Å². The number of rotatable bonds is 3. The average Bonchev–Trinajstić information content (AvgIpc) is 2.71. The van der Waals surface area contributed by atoms with E-state index in [1.807, 2.05) is 6.92 Å². The van der Waals surface area contributed by atoms with Crippen LogP contribution in [0.5, 0.6) is 0 Å². The van der Waals surface area contributed by atoms with Gasteiger partial charge in [-0.25, -0.2) is 12.8 Å². The monoisotopic (exact) mass is 285 g/mol. The summed E-state index contributed by atoms with van der Waals surface area (Å²) in [5.41, 5.74) is 0.762. The van der Waals surface area contributed by atoms with Crippen LogP contribution in [0.3, 0.4) is 0 Å². The van der Waals surface area contributed by atoms with E-state index in [0.717, 1.165) is 21.8 Å². The quantitative estimate of drug-likeness (QED) is 0.940. The van der Waals surface area contributed by atoms with E-state index in [1.54, 1.807) is 19.1 Å². The third kappa shape index (κ3) is 2.70. The van der Waals surface area contributed by atoms with Gasteiger partial charge in [0.2, 0.25) is 0 Å². The second-order valence-electron chi connectivity index (χ2n) is 3.95. The normalized spacial score (nSPS) is 11.5. The van der Waals surface area contributed by atoms with Gasteiger partial charge >= 0.3 is 0 Å². The SMILES string of the molecule is Cc1ccc(F)c(NS(=O)(=O)c2ccc(C)s2)c1. The third-order valence-electron chi connectivity index (χ3n) is 2.35. The van der Waals surface area contributed by atoms with Gasteiger partial charge in [-0.3, -0.25) is 4.72 Å². The van der Waals surface area contributed by atoms with E-state index in [4.69, 9.17) is 0 Å². The Kier molecular flexibility index (Phi) is 3.41. The van der Waals surface area contributed by atoms with Crippen molar-refractivity contribution >= 4 is 27.0 Å². The summed E-state index contributed by atoms with van der Waals surface area (Å²) in [6, 6.07) is 7.52. The lowest BCUT2D eigenvalue weighted by atomic mass is 10.2. The van der Waals surface area contributed by atoms with Gasteiger partial charge in [-0.05, 0) is 43.7 Å². The molecular formula is C12H12FNO2S2. The van der Waals surface area contributed by atoms with Gasteiger partial charge in [0.25, 0.3) is 10.0 Å². The first-order chi connectivity index (χ1) is 8.38.